The third-order valence-electron chi connectivity index (χ3n) is 6.65. The van der Waals surface area contributed by atoms with E-state index >= 15 is 0 Å². The van der Waals surface area contributed by atoms with E-state index in [2.05, 4.69) is 76.2 Å². The Kier molecular flexibility index (Phi) is 22.2. The molecule has 0 aliphatic rings. The van der Waals surface area contributed by atoms with E-state index < -0.39 is 0 Å². The Hall–Kier alpha value is 0. The van der Waals surface area contributed by atoms with Crippen LogP contribution in [0.2, 0.25) is 0 Å². The van der Waals surface area contributed by atoms with Crippen LogP contribution in [0, 0.1) is 23.2 Å². The topological polar surface area (TPSA) is 0 Å². The molecule has 0 aromatic carbocycles. The van der Waals surface area contributed by atoms with E-state index in [1.54, 1.807) is 0 Å². The zero-order valence-corrected chi connectivity index (χ0v) is 18.9. The molecule has 0 rings (SSSR count). The first-order chi connectivity index (χ1) is 10.8. The molecule has 0 aliphatic carbocycles. The van der Waals surface area contributed by atoms with Crippen LogP contribution < -0.4 is 0 Å². The van der Waals surface area contributed by atoms with Gasteiger partial charge in [0.05, 0.1) is 0 Å². The summed E-state index contributed by atoms with van der Waals surface area (Å²) in [6.45, 7) is 25.1. The smallest absolute Gasteiger partial charge is 0.0308 e. The number of rotatable bonds is 9. The Labute approximate surface area is 151 Å². The lowest BCUT2D eigenvalue weighted by molar-refractivity contribution is 0.240. The highest BCUT2D eigenvalue weighted by atomic mass is 14.3. The van der Waals surface area contributed by atoms with Gasteiger partial charge in [-0.2, -0.15) is 0 Å². The van der Waals surface area contributed by atoms with Crippen LogP contribution in [0.4, 0.5) is 0 Å². The zero-order valence-electron chi connectivity index (χ0n) is 18.9. The van der Waals surface area contributed by atoms with Gasteiger partial charge in [0.1, 0.15) is 0 Å². The van der Waals surface area contributed by atoms with Crippen molar-refractivity contribution in [2.45, 2.75) is 128 Å². The first kappa shape index (κ1) is 27.8. The summed E-state index contributed by atoms with van der Waals surface area (Å²) in [7, 11) is 0. The summed E-state index contributed by atoms with van der Waals surface area (Å²) >= 11 is 0. The Balaban J connectivity index is -0.000000266. The fourth-order valence-corrected chi connectivity index (χ4v) is 2.59. The molecular formula is C23H52. The number of hydrogen-bond acceptors (Lipinski definition) is 0. The molecule has 0 aliphatic heterocycles. The van der Waals surface area contributed by atoms with E-state index in [0.717, 1.165) is 17.8 Å². The fraction of sp³-hybridized carbons (Fsp3) is 1.00. The maximum atomic E-state index is 2.33. The fourth-order valence-electron chi connectivity index (χ4n) is 2.59. The van der Waals surface area contributed by atoms with Crippen LogP contribution in [0.1, 0.15) is 128 Å². The molecule has 0 fully saturated rings. The molecule has 2 atom stereocenters. The van der Waals surface area contributed by atoms with Crippen LogP contribution in [0.25, 0.3) is 0 Å². The second-order valence-corrected chi connectivity index (χ2v) is 7.61. The van der Waals surface area contributed by atoms with Gasteiger partial charge in [0.25, 0.3) is 0 Å². The van der Waals surface area contributed by atoms with Crippen molar-refractivity contribution in [2.75, 3.05) is 0 Å². The largest absolute Gasteiger partial charge is 0.0651 e. The van der Waals surface area contributed by atoms with Gasteiger partial charge >= 0.3 is 0 Å². The van der Waals surface area contributed by atoms with Gasteiger partial charge in [0.15, 0.2) is 0 Å². The van der Waals surface area contributed by atoms with Crippen molar-refractivity contribution >= 4 is 0 Å². The second-order valence-electron chi connectivity index (χ2n) is 7.61. The van der Waals surface area contributed by atoms with Crippen molar-refractivity contribution in [3.63, 3.8) is 0 Å². The highest BCUT2D eigenvalue weighted by molar-refractivity contribution is 4.72. The van der Waals surface area contributed by atoms with Crippen molar-refractivity contribution in [1.82, 2.24) is 0 Å². The molecule has 0 N–H and O–H groups in total. The normalized spacial score (nSPS) is 13.6. The highest BCUT2D eigenvalue weighted by Crippen LogP contribution is 2.33. The average Bonchev–Trinajstić information content (AvgIpc) is 2.63. The molecule has 0 nitrogen and oxygen atoms in total. The van der Waals surface area contributed by atoms with Gasteiger partial charge in [-0.05, 0) is 23.2 Å². The van der Waals surface area contributed by atoms with Crippen LogP contribution in [-0.2, 0) is 0 Å². The first-order valence-corrected chi connectivity index (χ1v) is 10.8. The third-order valence-corrected chi connectivity index (χ3v) is 6.65. The molecule has 144 valence electrons. The summed E-state index contributed by atoms with van der Waals surface area (Å²) in [5.41, 5.74) is 0.667. The Morgan fingerprint density at radius 3 is 0.783 bits per heavy atom. The van der Waals surface area contributed by atoms with Gasteiger partial charge in [-0.25, -0.2) is 0 Å². The standard InChI is InChI=1S/C9H20.C8H18.C6H14/c1-5-9(6-2,7-3)8-4;1-5-7(3)8(4)6-2;1-4-6(3)5-2/h5-8H2,1-4H3;7-8H,5-6H2,1-4H3;6H,4-5H2,1-3H3/t;7-,8-;/m.1./s1. The third kappa shape index (κ3) is 15.3. The molecule has 0 unspecified atom stereocenters. The lowest BCUT2D eigenvalue weighted by Crippen LogP contribution is -2.15. The second kappa shape index (κ2) is 18.3. The van der Waals surface area contributed by atoms with Crippen LogP contribution >= 0.6 is 0 Å². The molecule has 0 bridgehead atoms. The van der Waals surface area contributed by atoms with E-state index in [1.807, 2.05) is 0 Å². The van der Waals surface area contributed by atoms with Gasteiger partial charge in [0.2, 0.25) is 0 Å². The minimum atomic E-state index is 0.667. The maximum Gasteiger partial charge on any atom is -0.0308 e. The number of hydrogen-bond donors (Lipinski definition) is 0. The van der Waals surface area contributed by atoms with Crippen LogP contribution in [0.5, 0.6) is 0 Å². The van der Waals surface area contributed by atoms with E-state index in [1.165, 1.54) is 51.4 Å². The van der Waals surface area contributed by atoms with Gasteiger partial charge in [-0.3, -0.25) is 0 Å². The van der Waals surface area contributed by atoms with Crippen molar-refractivity contribution in [2.24, 2.45) is 23.2 Å². The predicted molar refractivity (Wildman–Crippen MR) is 112 cm³/mol. The predicted octanol–water partition coefficient (Wildman–Crippen LogP) is 9.13. The van der Waals surface area contributed by atoms with Gasteiger partial charge in [-0.15, -0.1) is 0 Å². The quantitative estimate of drug-likeness (QED) is 0.395. The maximum absolute atomic E-state index is 2.33. The Morgan fingerprint density at radius 2 is 0.739 bits per heavy atom. The molecule has 23 heavy (non-hydrogen) atoms. The van der Waals surface area contributed by atoms with E-state index in [9.17, 15) is 0 Å². The molecule has 0 heterocycles. The van der Waals surface area contributed by atoms with Crippen molar-refractivity contribution in [1.29, 1.82) is 0 Å². The van der Waals surface area contributed by atoms with Crippen molar-refractivity contribution in [3.05, 3.63) is 0 Å². The molecule has 0 aromatic heterocycles. The molecule has 0 heteroatoms. The molecule has 0 amide bonds. The van der Waals surface area contributed by atoms with Gasteiger partial charge in [-0.1, -0.05) is 128 Å². The minimum absolute atomic E-state index is 0.667. The lowest BCUT2D eigenvalue weighted by atomic mass is 9.78. The monoisotopic (exact) mass is 328 g/mol. The molecule has 0 spiro atoms. The summed E-state index contributed by atoms with van der Waals surface area (Å²) in [6.07, 6.45) is 10.7. The summed E-state index contributed by atoms with van der Waals surface area (Å²) in [5, 5.41) is 0. The van der Waals surface area contributed by atoms with Gasteiger partial charge in [0, 0.05) is 0 Å². The summed E-state index contributed by atoms with van der Waals surface area (Å²) in [4.78, 5) is 0. The van der Waals surface area contributed by atoms with Crippen molar-refractivity contribution < 1.29 is 0 Å². The SMILES string of the molecule is CCC(C)CC.CCC(CC)(CC)CC.CC[C@@H](C)[C@H](C)CC. The molecular weight excluding hydrogens is 276 g/mol. The van der Waals surface area contributed by atoms with Crippen LogP contribution in [-0.4, -0.2) is 0 Å². The summed E-state index contributed by atoms with van der Waals surface area (Å²) in [5.74, 6) is 2.77. The molecule has 0 saturated heterocycles. The minimum Gasteiger partial charge on any atom is -0.0651 e. The first-order valence-electron chi connectivity index (χ1n) is 10.8. The van der Waals surface area contributed by atoms with Crippen molar-refractivity contribution in [3.8, 4) is 0 Å². The van der Waals surface area contributed by atoms with Crippen LogP contribution in [0.15, 0.2) is 0 Å². The average molecular weight is 329 g/mol. The highest BCUT2D eigenvalue weighted by Gasteiger charge is 2.20. The zero-order chi connectivity index (χ0) is 18.9. The Bertz CT molecular complexity index is 173. The molecule has 0 saturated carbocycles. The van der Waals surface area contributed by atoms with Gasteiger partial charge < -0.3 is 0 Å². The Morgan fingerprint density at radius 1 is 0.478 bits per heavy atom. The summed E-state index contributed by atoms with van der Waals surface area (Å²) in [6, 6.07) is 0. The van der Waals surface area contributed by atoms with E-state index in [4.69, 9.17) is 0 Å². The molecule has 0 radical (unpaired) electrons. The van der Waals surface area contributed by atoms with E-state index in [-0.39, 0.29) is 0 Å². The lowest BCUT2D eigenvalue weighted by Gasteiger charge is -2.28. The van der Waals surface area contributed by atoms with E-state index in [0.29, 0.717) is 5.41 Å². The van der Waals surface area contributed by atoms with Crippen LogP contribution in [0.3, 0.4) is 0 Å². The molecule has 0 aromatic rings. The summed E-state index contributed by atoms with van der Waals surface area (Å²) < 4.78 is 0.